The van der Waals surface area contributed by atoms with Crippen LogP contribution in [0, 0.1) is 0 Å². The Kier molecular flexibility index (Phi) is 3.41. The van der Waals surface area contributed by atoms with Gasteiger partial charge >= 0.3 is 0 Å². The van der Waals surface area contributed by atoms with Crippen molar-refractivity contribution in [1.82, 2.24) is 34.5 Å². The first-order valence-corrected chi connectivity index (χ1v) is 8.60. The molecule has 4 aromatic rings. The van der Waals surface area contributed by atoms with Crippen molar-refractivity contribution in [3.05, 3.63) is 60.4 Å². The molecule has 8 nitrogen and oxygen atoms in total. The monoisotopic (exact) mass is 346 g/mol. The summed E-state index contributed by atoms with van der Waals surface area (Å²) in [5, 5.41) is 12.1. The molecule has 1 aliphatic carbocycles. The molecule has 2 atom stereocenters. The molecule has 0 bridgehead atoms. The number of hydrogen-bond donors (Lipinski definition) is 1. The van der Waals surface area contributed by atoms with Gasteiger partial charge in [-0.1, -0.05) is 35.5 Å². The fourth-order valence-corrected chi connectivity index (χ4v) is 3.34. The number of aryl methyl sites for hydroxylation is 1. The summed E-state index contributed by atoms with van der Waals surface area (Å²) in [6.45, 7) is 0.634. The van der Waals surface area contributed by atoms with Gasteiger partial charge in [0.1, 0.15) is 6.33 Å². The molecule has 1 N–H and O–H groups in total. The summed E-state index contributed by atoms with van der Waals surface area (Å²) < 4.78 is 3.88. The third kappa shape index (κ3) is 2.59. The summed E-state index contributed by atoms with van der Waals surface area (Å²) in [5.41, 5.74) is 3.84. The van der Waals surface area contributed by atoms with E-state index >= 15 is 0 Å². The SMILES string of the molecule is Cn1cncc1[C@@H]1C[C@H]1Nc1ncnc2c1nnn2Cc1ccccc1. The second-order valence-electron chi connectivity index (χ2n) is 6.65. The van der Waals surface area contributed by atoms with E-state index in [9.17, 15) is 0 Å². The first-order valence-electron chi connectivity index (χ1n) is 8.60. The molecule has 0 spiro atoms. The maximum atomic E-state index is 4.39. The minimum absolute atomic E-state index is 0.336. The molecule has 26 heavy (non-hydrogen) atoms. The van der Waals surface area contributed by atoms with Gasteiger partial charge in [0.25, 0.3) is 0 Å². The molecule has 1 aromatic carbocycles. The standard InChI is InChI=1S/C18H18N8/c1-25-11-19-8-15(25)13-7-14(13)22-17-16-18(21-10-20-17)26(24-23-16)9-12-5-3-2-4-6-12/h2-6,8,10-11,13-14H,7,9H2,1H3,(H,20,21,22)/t13-,14-/m1/s1. The predicted octanol–water partition coefficient (Wildman–Crippen LogP) is 1.97. The van der Waals surface area contributed by atoms with E-state index in [1.165, 1.54) is 5.69 Å². The Hall–Kier alpha value is -3.29. The Bertz CT molecular complexity index is 1050. The van der Waals surface area contributed by atoms with E-state index in [1.54, 1.807) is 6.33 Å². The van der Waals surface area contributed by atoms with Crippen molar-refractivity contribution in [2.24, 2.45) is 7.05 Å². The fourth-order valence-electron chi connectivity index (χ4n) is 3.34. The number of benzene rings is 1. The number of anilines is 1. The van der Waals surface area contributed by atoms with Gasteiger partial charge in [-0.3, -0.25) is 0 Å². The van der Waals surface area contributed by atoms with Crippen molar-refractivity contribution in [1.29, 1.82) is 0 Å². The van der Waals surface area contributed by atoms with Crippen molar-refractivity contribution < 1.29 is 0 Å². The third-order valence-corrected chi connectivity index (χ3v) is 4.82. The molecule has 1 aliphatic rings. The number of aromatic nitrogens is 7. The summed E-state index contributed by atoms with van der Waals surface area (Å²) in [7, 11) is 2.02. The molecule has 1 fully saturated rings. The van der Waals surface area contributed by atoms with Crippen molar-refractivity contribution in [3.63, 3.8) is 0 Å². The maximum absolute atomic E-state index is 4.39. The van der Waals surface area contributed by atoms with Gasteiger partial charge < -0.3 is 9.88 Å². The highest BCUT2D eigenvalue weighted by atomic mass is 15.4. The lowest BCUT2D eigenvalue weighted by Gasteiger charge is -2.06. The Morgan fingerprint density at radius 2 is 2.08 bits per heavy atom. The number of nitrogens with zero attached hydrogens (tertiary/aromatic N) is 7. The van der Waals surface area contributed by atoms with Crippen LogP contribution < -0.4 is 5.32 Å². The molecule has 1 saturated carbocycles. The number of hydrogen-bond acceptors (Lipinski definition) is 6. The van der Waals surface area contributed by atoms with Crippen LogP contribution in [-0.4, -0.2) is 40.6 Å². The summed E-state index contributed by atoms with van der Waals surface area (Å²) in [5.74, 6) is 1.19. The highest BCUT2D eigenvalue weighted by Gasteiger charge is 2.40. The van der Waals surface area contributed by atoms with Crippen LogP contribution in [0.25, 0.3) is 11.2 Å². The van der Waals surface area contributed by atoms with Gasteiger partial charge in [0.05, 0.1) is 12.9 Å². The van der Waals surface area contributed by atoms with Gasteiger partial charge in [0.2, 0.25) is 0 Å². The van der Waals surface area contributed by atoms with Gasteiger partial charge in [0, 0.05) is 30.9 Å². The number of fused-ring (bicyclic) bond motifs is 1. The maximum Gasteiger partial charge on any atom is 0.184 e. The zero-order valence-electron chi connectivity index (χ0n) is 14.3. The lowest BCUT2D eigenvalue weighted by atomic mass is 10.2. The van der Waals surface area contributed by atoms with Gasteiger partial charge in [-0.15, -0.1) is 5.10 Å². The minimum Gasteiger partial charge on any atom is -0.365 e. The van der Waals surface area contributed by atoms with Crippen LogP contribution >= 0.6 is 0 Å². The largest absolute Gasteiger partial charge is 0.365 e. The first-order chi connectivity index (χ1) is 12.8. The first kappa shape index (κ1) is 15.0. The quantitative estimate of drug-likeness (QED) is 0.594. The van der Waals surface area contributed by atoms with Crippen LogP contribution in [0.5, 0.6) is 0 Å². The number of nitrogens with one attached hydrogen (secondary N) is 1. The molecule has 0 saturated heterocycles. The molecule has 3 heterocycles. The van der Waals surface area contributed by atoms with E-state index in [-0.39, 0.29) is 0 Å². The van der Waals surface area contributed by atoms with E-state index in [4.69, 9.17) is 0 Å². The molecule has 5 rings (SSSR count). The van der Waals surface area contributed by atoms with E-state index in [1.807, 2.05) is 42.5 Å². The molecule has 0 unspecified atom stereocenters. The van der Waals surface area contributed by atoms with Crippen molar-refractivity contribution in [2.75, 3.05) is 5.32 Å². The second-order valence-corrected chi connectivity index (χ2v) is 6.65. The molecule has 3 aromatic heterocycles. The molecule has 130 valence electrons. The Morgan fingerprint density at radius 3 is 2.88 bits per heavy atom. The molecule has 0 aliphatic heterocycles. The average Bonchev–Trinajstić information content (AvgIpc) is 3.07. The van der Waals surface area contributed by atoms with E-state index < -0.39 is 0 Å². The van der Waals surface area contributed by atoms with Crippen LogP contribution in [0.1, 0.15) is 23.6 Å². The number of imidazole rings is 1. The van der Waals surface area contributed by atoms with Gasteiger partial charge in [-0.2, -0.15) is 0 Å². The lowest BCUT2D eigenvalue weighted by molar-refractivity contribution is 0.664. The molecular formula is C18H18N8. The zero-order valence-corrected chi connectivity index (χ0v) is 14.3. The van der Waals surface area contributed by atoms with Crippen LogP contribution in [-0.2, 0) is 13.6 Å². The van der Waals surface area contributed by atoms with Gasteiger partial charge in [-0.05, 0) is 12.0 Å². The molecule has 8 heteroatoms. The molecule has 0 radical (unpaired) electrons. The third-order valence-electron chi connectivity index (χ3n) is 4.82. The smallest absolute Gasteiger partial charge is 0.184 e. The van der Waals surface area contributed by atoms with Crippen LogP contribution in [0.2, 0.25) is 0 Å². The summed E-state index contributed by atoms with van der Waals surface area (Å²) in [4.78, 5) is 13.0. The molecule has 0 amide bonds. The summed E-state index contributed by atoms with van der Waals surface area (Å²) >= 11 is 0. The zero-order chi connectivity index (χ0) is 17.5. The Labute approximate surface area is 149 Å². The van der Waals surface area contributed by atoms with Gasteiger partial charge in [0.15, 0.2) is 17.0 Å². The highest BCUT2D eigenvalue weighted by molar-refractivity contribution is 5.82. The van der Waals surface area contributed by atoms with Crippen molar-refractivity contribution in [3.8, 4) is 0 Å². The Balaban J connectivity index is 1.39. The van der Waals surface area contributed by atoms with Gasteiger partial charge in [-0.25, -0.2) is 19.6 Å². The summed E-state index contributed by atoms with van der Waals surface area (Å²) in [6.07, 6.45) is 6.39. The Morgan fingerprint density at radius 1 is 1.19 bits per heavy atom. The predicted molar refractivity (Wildman–Crippen MR) is 96.6 cm³/mol. The average molecular weight is 346 g/mol. The second kappa shape index (κ2) is 5.91. The van der Waals surface area contributed by atoms with Crippen LogP contribution in [0.15, 0.2) is 49.2 Å². The fraction of sp³-hybridized carbons (Fsp3) is 0.278. The van der Waals surface area contributed by atoms with E-state index in [0.717, 1.165) is 23.4 Å². The number of rotatable bonds is 5. The highest BCUT2D eigenvalue weighted by Crippen LogP contribution is 2.42. The van der Waals surface area contributed by atoms with E-state index in [2.05, 4.69) is 47.3 Å². The lowest BCUT2D eigenvalue weighted by Crippen LogP contribution is -2.08. The van der Waals surface area contributed by atoms with Crippen LogP contribution in [0.3, 0.4) is 0 Å². The minimum atomic E-state index is 0.336. The van der Waals surface area contributed by atoms with Crippen LogP contribution in [0.4, 0.5) is 5.82 Å². The molecular weight excluding hydrogens is 328 g/mol. The van der Waals surface area contributed by atoms with E-state index in [0.29, 0.717) is 24.0 Å². The summed E-state index contributed by atoms with van der Waals surface area (Å²) in [6, 6.07) is 10.5. The van der Waals surface area contributed by atoms with Crippen molar-refractivity contribution >= 4 is 17.0 Å². The normalized spacial score (nSPS) is 19.0. The topological polar surface area (TPSA) is 86.3 Å². The van der Waals surface area contributed by atoms with Crippen molar-refractivity contribution in [2.45, 2.75) is 24.9 Å².